The number of methoxy groups -OCH3 is 1. The van der Waals surface area contributed by atoms with Gasteiger partial charge in [0.1, 0.15) is 18.8 Å². The molecule has 0 radical (unpaired) electrons. The molecule has 0 aromatic carbocycles. The average molecular weight is 369 g/mol. The maximum Gasteiger partial charge on any atom is 0.328 e. The number of carbonyl (C=O) groups excluding carboxylic acids is 3. The maximum absolute atomic E-state index is 12.3. The van der Waals surface area contributed by atoms with Crippen LogP contribution < -0.4 is 10.6 Å². The van der Waals surface area contributed by atoms with Gasteiger partial charge in [0.25, 0.3) is 0 Å². The Bertz CT molecular complexity index is 477. The summed E-state index contributed by atoms with van der Waals surface area (Å²) in [6, 6.07) is -0.454. The van der Waals surface area contributed by atoms with E-state index < -0.39 is 29.8 Å². The number of hydrogen-bond acceptors (Lipinski definition) is 7. The van der Waals surface area contributed by atoms with Crippen LogP contribution in [-0.2, 0) is 23.9 Å². The first-order valence-corrected chi connectivity index (χ1v) is 9.24. The number of rotatable bonds is 12. The second-order valence-electron chi connectivity index (χ2n) is 6.54. The van der Waals surface area contributed by atoms with Gasteiger partial charge in [-0.2, -0.15) is 0 Å². The molecule has 8 heteroatoms. The quantitative estimate of drug-likeness (QED) is 0.268. The van der Waals surface area contributed by atoms with Crippen LogP contribution in [0.4, 0.5) is 0 Å². The van der Waals surface area contributed by atoms with Gasteiger partial charge in [0.05, 0.1) is 6.21 Å². The standard InChI is InChI=1S/C18H31N3O5/c1-13(25-2)17(23)21-16(9-8-15(22)12-19)18(24)26-11-10-20-14-6-4-3-5-7-14/h12-14,16,19-20H,3-11H2,1-2H3,(H,21,23)/t13-,16-/m0/s1. The SMILES string of the molecule is CO[C@@H](C)C(=O)N[C@@H](CCC(=O)C=N)C(=O)OCCNC1CCCCC1. The van der Waals surface area contributed by atoms with E-state index in [1.165, 1.54) is 26.4 Å². The van der Waals surface area contributed by atoms with E-state index in [4.69, 9.17) is 14.9 Å². The zero-order valence-electron chi connectivity index (χ0n) is 15.7. The van der Waals surface area contributed by atoms with Crippen LogP contribution >= 0.6 is 0 Å². The highest BCUT2D eigenvalue weighted by molar-refractivity contribution is 6.26. The molecular formula is C18H31N3O5. The van der Waals surface area contributed by atoms with Gasteiger partial charge in [-0.25, -0.2) is 4.79 Å². The van der Waals surface area contributed by atoms with Crippen LogP contribution in [0.3, 0.4) is 0 Å². The van der Waals surface area contributed by atoms with Gasteiger partial charge in [-0.15, -0.1) is 0 Å². The van der Waals surface area contributed by atoms with Crippen LogP contribution in [0, 0.1) is 5.41 Å². The predicted molar refractivity (Wildman–Crippen MR) is 97.3 cm³/mol. The minimum absolute atomic E-state index is 0.00870. The zero-order chi connectivity index (χ0) is 19.4. The van der Waals surface area contributed by atoms with E-state index in [0.29, 0.717) is 18.8 Å². The summed E-state index contributed by atoms with van der Waals surface area (Å²) in [5.74, 6) is -1.43. The lowest BCUT2D eigenvalue weighted by atomic mass is 9.96. The number of carbonyl (C=O) groups is 3. The summed E-state index contributed by atoms with van der Waals surface area (Å²) in [4.78, 5) is 35.5. The van der Waals surface area contributed by atoms with Gasteiger partial charge in [-0.1, -0.05) is 19.3 Å². The molecular weight excluding hydrogens is 338 g/mol. The minimum atomic E-state index is -0.932. The molecule has 0 aliphatic heterocycles. The first-order valence-electron chi connectivity index (χ1n) is 9.24. The number of amides is 1. The summed E-state index contributed by atoms with van der Waals surface area (Å²) in [6.07, 6.45) is 6.10. The van der Waals surface area contributed by atoms with Crippen LogP contribution in [0.5, 0.6) is 0 Å². The van der Waals surface area contributed by atoms with Gasteiger partial charge in [-0.05, 0) is 26.2 Å². The van der Waals surface area contributed by atoms with E-state index in [2.05, 4.69) is 10.6 Å². The normalized spacial score (nSPS) is 17.2. The minimum Gasteiger partial charge on any atom is -0.463 e. The van der Waals surface area contributed by atoms with E-state index in [1.807, 2.05) is 0 Å². The summed E-state index contributed by atoms with van der Waals surface area (Å²) in [5, 5.41) is 12.9. The molecule has 0 aromatic heterocycles. The highest BCUT2D eigenvalue weighted by Gasteiger charge is 2.25. The monoisotopic (exact) mass is 369 g/mol. The second kappa shape index (κ2) is 12.5. The summed E-state index contributed by atoms with van der Waals surface area (Å²) in [7, 11) is 1.40. The third kappa shape index (κ3) is 8.53. The lowest BCUT2D eigenvalue weighted by Crippen LogP contribution is -2.46. The highest BCUT2D eigenvalue weighted by Crippen LogP contribution is 2.17. The van der Waals surface area contributed by atoms with Crippen molar-refractivity contribution in [2.24, 2.45) is 0 Å². The Kier molecular flexibility index (Phi) is 10.7. The molecule has 3 N–H and O–H groups in total. The molecule has 1 saturated carbocycles. The van der Waals surface area contributed by atoms with E-state index in [0.717, 1.165) is 12.8 Å². The molecule has 1 amide bonds. The fourth-order valence-corrected chi connectivity index (χ4v) is 2.83. The van der Waals surface area contributed by atoms with Gasteiger partial charge in [0.15, 0.2) is 5.78 Å². The van der Waals surface area contributed by atoms with Crippen molar-refractivity contribution in [3.05, 3.63) is 0 Å². The second-order valence-corrected chi connectivity index (χ2v) is 6.54. The third-order valence-corrected chi connectivity index (χ3v) is 4.55. The molecule has 0 saturated heterocycles. The lowest BCUT2D eigenvalue weighted by molar-refractivity contribution is -0.149. The zero-order valence-corrected chi connectivity index (χ0v) is 15.7. The Morgan fingerprint density at radius 3 is 2.54 bits per heavy atom. The largest absolute Gasteiger partial charge is 0.463 e. The number of hydrogen-bond donors (Lipinski definition) is 3. The first-order chi connectivity index (χ1) is 12.5. The molecule has 148 valence electrons. The van der Waals surface area contributed by atoms with Crippen LogP contribution in [0.2, 0.25) is 0 Å². The molecule has 0 heterocycles. The van der Waals surface area contributed by atoms with E-state index in [-0.39, 0.29) is 19.4 Å². The highest BCUT2D eigenvalue weighted by atomic mass is 16.5. The van der Waals surface area contributed by atoms with Crippen molar-refractivity contribution in [3.8, 4) is 0 Å². The summed E-state index contributed by atoms with van der Waals surface area (Å²) < 4.78 is 10.2. The van der Waals surface area contributed by atoms with Crippen molar-refractivity contribution in [2.45, 2.75) is 70.1 Å². The molecule has 0 aromatic rings. The van der Waals surface area contributed by atoms with Crippen LogP contribution in [-0.4, -0.2) is 62.3 Å². The van der Waals surface area contributed by atoms with Gasteiger partial charge in [-0.3, -0.25) is 9.59 Å². The third-order valence-electron chi connectivity index (χ3n) is 4.55. The molecule has 0 unspecified atom stereocenters. The van der Waals surface area contributed by atoms with Gasteiger partial charge in [0.2, 0.25) is 5.91 Å². The smallest absolute Gasteiger partial charge is 0.328 e. The first kappa shape index (κ1) is 22.2. The van der Waals surface area contributed by atoms with Crippen molar-refractivity contribution in [3.63, 3.8) is 0 Å². The van der Waals surface area contributed by atoms with Crippen molar-refractivity contribution >= 4 is 23.9 Å². The van der Waals surface area contributed by atoms with Crippen molar-refractivity contribution < 1.29 is 23.9 Å². The number of ether oxygens (including phenoxy) is 2. The Balaban J connectivity index is 2.43. The molecule has 0 bridgehead atoms. The molecule has 1 aliphatic carbocycles. The average Bonchev–Trinajstić information content (AvgIpc) is 2.67. The molecule has 2 atom stereocenters. The molecule has 0 spiro atoms. The predicted octanol–water partition coefficient (Wildman–Crippen LogP) is 0.970. The van der Waals surface area contributed by atoms with Crippen molar-refractivity contribution in [2.75, 3.05) is 20.3 Å². The summed E-state index contributed by atoms with van der Waals surface area (Å²) >= 11 is 0. The summed E-state index contributed by atoms with van der Waals surface area (Å²) in [6.45, 7) is 2.33. The molecule has 1 rings (SSSR count). The fourth-order valence-electron chi connectivity index (χ4n) is 2.83. The Labute approximate surface area is 154 Å². The number of ketones is 1. The van der Waals surface area contributed by atoms with Gasteiger partial charge < -0.3 is 25.5 Å². The van der Waals surface area contributed by atoms with Crippen LogP contribution in [0.15, 0.2) is 0 Å². The maximum atomic E-state index is 12.3. The van der Waals surface area contributed by atoms with E-state index in [9.17, 15) is 14.4 Å². The fraction of sp³-hybridized carbons (Fsp3) is 0.778. The van der Waals surface area contributed by atoms with Crippen molar-refractivity contribution in [1.82, 2.24) is 10.6 Å². The molecule has 8 nitrogen and oxygen atoms in total. The van der Waals surface area contributed by atoms with E-state index in [1.54, 1.807) is 6.92 Å². The topological polar surface area (TPSA) is 118 Å². The van der Waals surface area contributed by atoms with Crippen LogP contribution in [0.1, 0.15) is 51.9 Å². The number of esters is 1. The Morgan fingerprint density at radius 1 is 1.23 bits per heavy atom. The number of Topliss-reactive ketones (excluding diaryl/α,β-unsaturated/α-hetero) is 1. The van der Waals surface area contributed by atoms with Gasteiger partial charge >= 0.3 is 5.97 Å². The molecule has 1 aliphatic rings. The van der Waals surface area contributed by atoms with E-state index >= 15 is 0 Å². The Morgan fingerprint density at radius 2 is 1.92 bits per heavy atom. The Hall–Kier alpha value is -1.80. The van der Waals surface area contributed by atoms with Crippen molar-refractivity contribution in [1.29, 1.82) is 5.41 Å². The van der Waals surface area contributed by atoms with Crippen LogP contribution in [0.25, 0.3) is 0 Å². The lowest BCUT2D eigenvalue weighted by Gasteiger charge is -2.23. The van der Waals surface area contributed by atoms with Gasteiger partial charge in [0, 0.05) is 26.1 Å². The summed E-state index contributed by atoms with van der Waals surface area (Å²) in [5.41, 5.74) is 0. The molecule has 26 heavy (non-hydrogen) atoms. The molecule has 1 fully saturated rings. The number of nitrogens with one attached hydrogen (secondary N) is 3.